The highest BCUT2D eigenvalue weighted by molar-refractivity contribution is 6.00. The van der Waals surface area contributed by atoms with Crippen LogP contribution < -0.4 is 11.1 Å². The molecule has 21 heavy (non-hydrogen) atoms. The molecule has 0 saturated carbocycles. The van der Waals surface area contributed by atoms with E-state index in [4.69, 9.17) is 5.73 Å². The van der Waals surface area contributed by atoms with E-state index in [0.717, 1.165) is 35.4 Å². The average molecular weight is 288 g/mol. The van der Waals surface area contributed by atoms with Crippen LogP contribution in [0.5, 0.6) is 0 Å². The van der Waals surface area contributed by atoms with E-state index in [1.807, 2.05) is 31.3 Å². The molecular weight excluding hydrogens is 268 g/mol. The second-order valence-electron chi connectivity index (χ2n) is 5.45. The molecule has 1 unspecified atom stereocenters. The van der Waals surface area contributed by atoms with Crippen molar-refractivity contribution in [1.29, 1.82) is 0 Å². The standard InChI is InChI=1S/C15H20N4O2/c1-18-4-5-19-13-3-2-11(17-9-12(20)8-16)6-10(13)7-14(19)15(18)21/h2-3,6-7,12,17,20H,4-5,8-9,16H2,1H3. The van der Waals surface area contributed by atoms with Gasteiger partial charge in [-0.2, -0.15) is 0 Å². The van der Waals surface area contributed by atoms with Gasteiger partial charge >= 0.3 is 0 Å². The molecule has 0 saturated heterocycles. The molecule has 1 amide bonds. The van der Waals surface area contributed by atoms with Gasteiger partial charge in [0.25, 0.3) is 5.91 Å². The van der Waals surface area contributed by atoms with Crippen molar-refractivity contribution < 1.29 is 9.90 Å². The molecular formula is C15H20N4O2. The van der Waals surface area contributed by atoms with Crippen LogP contribution >= 0.6 is 0 Å². The van der Waals surface area contributed by atoms with Crippen LogP contribution in [0.15, 0.2) is 24.3 Å². The Bertz CT molecular complexity index is 680. The van der Waals surface area contributed by atoms with Crippen LogP contribution in [0.3, 0.4) is 0 Å². The number of rotatable bonds is 4. The van der Waals surface area contributed by atoms with E-state index in [-0.39, 0.29) is 12.5 Å². The summed E-state index contributed by atoms with van der Waals surface area (Å²) in [6.07, 6.45) is -0.557. The maximum Gasteiger partial charge on any atom is 0.270 e. The number of anilines is 1. The Morgan fingerprint density at radius 2 is 2.19 bits per heavy atom. The van der Waals surface area contributed by atoms with Gasteiger partial charge in [0.05, 0.1) is 6.10 Å². The summed E-state index contributed by atoms with van der Waals surface area (Å²) in [7, 11) is 1.82. The number of carbonyl (C=O) groups excluding carboxylic acids is 1. The highest BCUT2D eigenvalue weighted by Crippen LogP contribution is 2.26. The summed E-state index contributed by atoms with van der Waals surface area (Å²) in [5, 5.41) is 13.7. The second kappa shape index (κ2) is 5.38. The number of nitrogens with zero attached hydrogens (tertiary/aromatic N) is 2. The number of hydrogen-bond acceptors (Lipinski definition) is 4. The fourth-order valence-corrected chi connectivity index (χ4v) is 2.67. The zero-order chi connectivity index (χ0) is 15.0. The molecule has 4 N–H and O–H groups in total. The van der Waals surface area contributed by atoms with Gasteiger partial charge in [-0.3, -0.25) is 4.79 Å². The second-order valence-corrected chi connectivity index (χ2v) is 5.45. The Morgan fingerprint density at radius 1 is 1.38 bits per heavy atom. The van der Waals surface area contributed by atoms with Gasteiger partial charge in [-0.25, -0.2) is 0 Å². The lowest BCUT2D eigenvalue weighted by atomic mass is 10.2. The number of carbonyl (C=O) groups is 1. The number of aliphatic hydroxyl groups excluding tert-OH is 1. The number of nitrogens with one attached hydrogen (secondary N) is 1. The summed E-state index contributed by atoms with van der Waals surface area (Å²) in [5.41, 5.74) is 8.10. The Labute approximate surface area is 123 Å². The van der Waals surface area contributed by atoms with Crippen molar-refractivity contribution in [1.82, 2.24) is 9.47 Å². The molecule has 0 radical (unpaired) electrons. The Morgan fingerprint density at radius 3 is 2.95 bits per heavy atom. The van der Waals surface area contributed by atoms with Crippen LogP contribution in [0.2, 0.25) is 0 Å². The molecule has 6 nitrogen and oxygen atoms in total. The first kappa shape index (κ1) is 13.9. The van der Waals surface area contributed by atoms with Gasteiger partial charge in [0.2, 0.25) is 0 Å². The number of nitrogens with two attached hydrogens (primary N) is 1. The highest BCUT2D eigenvalue weighted by Gasteiger charge is 2.23. The third kappa shape index (κ3) is 2.48. The van der Waals surface area contributed by atoms with Crippen LogP contribution in [0, 0.1) is 0 Å². The number of likely N-dealkylation sites (N-methyl/N-ethyl adjacent to an activating group) is 1. The Kier molecular flexibility index (Phi) is 3.57. The predicted octanol–water partition coefficient (Wildman–Crippen LogP) is 0.458. The monoisotopic (exact) mass is 288 g/mol. The Balaban J connectivity index is 1.91. The molecule has 0 aliphatic carbocycles. The molecule has 2 aromatic rings. The molecule has 1 aliphatic rings. The number of aliphatic hydroxyl groups is 1. The van der Waals surface area contributed by atoms with E-state index in [1.54, 1.807) is 4.90 Å². The zero-order valence-corrected chi connectivity index (χ0v) is 12.0. The minimum absolute atomic E-state index is 0.0607. The first-order chi connectivity index (χ1) is 10.1. The number of fused-ring (bicyclic) bond motifs is 3. The first-order valence-corrected chi connectivity index (χ1v) is 7.11. The quantitative estimate of drug-likeness (QED) is 0.763. The number of benzene rings is 1. The molecule has 2 heterocycles. The SMILES string of the molecule is CN1CCn2c(cc3cc(NCC(O)CN)ccc32)C1=O. The van der Waals surface area contributed by atoms with Crippen molar-refractivity contribution in [2.45, 2.75) is 12.6 Å². The molecule has 1 atom stereocenters. The third-order valence-electron chi connectivity index (χ3n) is 3.94. The molecule has 6 heteroatoms. The summed E-state index contributed by atoms with van der Waals surface area (Å²) < 4.78 is 2.07. The molecule has 3 rings (SSSR count). The fourth-order valence-electron chi connectivity index (χ4n) is 2.67. The van der Waals surface area contributed by atoms with Gasteiger partial charge in [0.1, 0.15) is 5.69 Å². The molecule has 0 bridgehead atoms. The Hall–Kier alpha value is -2.05. The number of amides is 1. The van der Waals surface area contributed by atoms with Crippen LogP contribution in [-0.2, 0) is 6.54 Å². The van der Waals surface area contributed by atoms with Gasteiger partial charge in [-0.15, -0.1) is 0 Å². The summed E-state index contributed by atoms with van der Waals surface area (Å²) in [6.45, 7) is 2.20. The highest BCUT2D eigenvalue weighted by atomic mass is 16.3. The minimum atomic E-state index is -0.557. The number of aromatic nitrogens is 1. The van der Waals surface area contributed by atoms with Gasteiger partial charge in [0.15, 0.2) is 0 Å². The predicted molar refractivity (Wildman–Crippen MR) is 82.4 cm³/mol. The smallest absolute Gasteiger partial charge is 0.270 e. The van der Waals surface area contributed by atoms with Crippen molar-refractivity contribution >= 4 is 22.5 Å². The minimum Gasteiger partial charge on any atom is -0.390 e. The van der Waals surface area contributed by atoms with E-state index < -0.39 is 6.10 Å². The lowest BCUT2D eigenvalue weighted by Gasteiger charge is -2.24. The van der Waals surface area contributed by atoms with Crippen molar-refractivity contribution in [2.24, 2.45) is 5.73 Å². The topological polar surface area (TPSA) is 83.5 Å². The molecule has 1 aliphatic heterocycles. The third-order valence-corrected chi connectivity index (χ3v) is 3.94. The van der Waals surface area contributed by atoms with Crippen molar-refractivity contribution in [3.05, 3.63) is 30.0 Å². The van der Waals surface area contributed by atoms with E-state index >= 15 is 0 Å². The van der Waals surface area contributed by atoms with Gasteiger partial charge in [-0.1, -0.05) is 0 Å². The fraction of sp³-hybridized carbons (Fsp3) is 0.400. The van der Waals surface area contributed by atoms with Crippen molar-refractivity contribution in [2.75, 3.05) is 32.0 Å². The summed E-state index contributed by atoms with van der Waals surface area (Å²) in [4.78, 5) is 13.9. The lowest BCUT2D eigenvalue weighted by molar-refractivity contribution is 0.0751. The van der Waals surface area contributed by atoms with Crippen LogP contribution in [0.4, 0.5) is 5.69 Å². The maximum absolute atomic E-state index is 12.2. The maximum atomic E-state index is 12.2. The lowest BCUT2D eigenvalue weighted by Crippen LogP contribution is -2.36. The number of hydrogen-bond donors (Lipinski definition) is 3. The van der Waals surface area contributed by atoms with Gasteiger partial charge in [0, 0.05) is 49.8 Å². The van der Waals surface area contributed by atoms with Crippen LogP contribution in [0.1, 0.15) is 10.5 Å². The van der Waals surface area contributed by atoms with E-state index in [1.165, 1.54) is 0 Å². The normalized spacial score (nSPS) is 16.1. The van der Waals surface area contributed by atoms with Crippen LogP contribution in [0.25, 0.3) is 10.9 Å². The largest absolute Gasteiger partial charge is 0.390 e. The zero-order valence-electron chi connectivity index (χ0n) is 12.0. The summed E-state index contributed by atoms with van der Waals surface area (Å²) in [6, 6.07) is 7.89. The van der Waals surface area contributed by atoms with E-state index in [2.05, 4.69) is 9.88 Å². The molecule has 112 valence electrons. The van der Waals surface area contributed by atoms with Crippen molar-refractivity contribution in [3.8, 4) is 0 Å². The molecule has 1 aromatic carbocycles. The summed E-state index contributed by atoms with van der Waals surface area (Å²) in [5.74, 6) is 0.0607. The molecule has 0 fully saturated rings. The van der Waals surface area contributed by atoms with Crippen LogP contribution in [-0.4, -0.2) is 53.3 Å². The molecule has 1 aromatic heterocycles. The average Bonchev–Trinajstić information content (AvgIpc) is 2.87. The van der Waals surface area contributed by atoms with E-state index in [0.29, 0.717) is 6.54 Å². The molecule has 0 spiro atoms. The van der Waals surface area contributed by atoms with E-state index in [9.17, 15) is 9.90 Å². The summed E-state index contributed by atoms with van der Waals surface area (Å²) >= 11 is 0. The van der Waals surface area contributed by atoms with Gasteiger partial charge in [-0.05, 0) is 24.3 Å². The van der Waals surface area contributed by atoms with Crippen molar-refractivity contribution in [3.63, 3.8) is 0 Å². The first-order valence-electron chi connectivity index (χ1n) is 7.11. The van der Waals surface area contributed by atoms with Gasteiger partial charge < -0.3 is 25.6 Å².